The van der Waals surface area contributed by atoms with Crippen LogP contribution in [0.25, 0.3) is 10.2 Å². The third-order valence-corrected chi connectivity index (χ3v) is 11.8. The summed E-state index contributed by atoms with van der Waals surface area (Å²) in [6.45, 7) is 6.48. The standard InChI is InChI=1S/C44H56N6O3S/c1-3-4-5-6-7-8-9-10-11-12-13-15-19-33(29-45)30-49-27-18-20-34(31-49)41(51)48-43-40-39-38(25-26-46-42(39)54-43)50(44(52)47-40)37-24-23-36(28-32(37)2)53-35-21-16-14-17-22-35/h14,16-17,21-26,28,33-34H,3-13,15,18-20,27,30-31H2,1-2H3,(H,47,52)(H,48,51). The lowest BCUT2D eigenvalue weighted by Crippen LogP contribution is -2.42. The van der Waals surface area contributed by atoms with E-state index in [4.69, 9.17) is 4.74 Å². The van der Waals surface area contributed by atoms with Crippen molar-refractivity contribution in [2.45, 2.75) is 110 Å². The number of thiophene rings is 1. The van der Waals surface area contributed by atoms with Gasteiger partial charge in [0.2, 0.25) is 5.91 Å². The summed E-state index contributed by atoms with van der Waals surface area (Å²) in [4.78, 5) is 36.8. The number of hydrogen-bond acceptors (Lipinski definition) is 7. The number of piperidine rings is 1. The van der Waals surface area contributed by atoms with Crippen molar-refractivity contribution in [3.05, 3.63) is 66.4 Å². The van der Waals surface area contributed by atoms with Crippen molar-refractivity contribution in [1.29, 1.82) is 5.26 Å². The number of ether oxygens (including phenoxy) is 1. The van der Waals surface area contributed by atoms with Gasteiger partial charge in [0.1, 0.15) is 21.3 Å². The predicted molar refractivity (Wildman–Crippen MR) is 221 cm³/mol. The van der Waals surface area contributed by atoms with Gasteiger partial charge in [0.15, 0.2) is 0 Å². The number of hydrogen-bond donors (Lipinski definition) is 2. The molecule has 4 heterocycles. The summed E-state index contributed by atoms with van der Waals surface area (Å²) in [5, 5.41) is 17.6. The molecule has 0 spiro atoms. The molecule has 2 aliphatic heterocycles. The Morgan fingerprint density at radius 2 is 1.70 bits per heavy atom. The van der Waals surface area contributed by atoms with E-state index in [0.717, 1.165) is 65.1 Å². The monoisotopic (exact) mass is 748 g/mol. The van der Waals surface area contributed by atoms with Crippen molar-refractivity contribution < 1.29 is 14.3 Å². The second kappa shape index (κ2) is 19.7. The maximum Gasteiger partial charge on any atom is 0.331 e. The zero-order valence-electron chi connectivity index (χ0n) is 32.1. The number of aromatic nitrogens is 1. The molecule has 2 N–H and O–H groups in total. The molecule has 1 saturated heterocycles. The first-order valence-corrected chi connectivity index (χ1v) is 21.1. The minimum absolute atomic E-state index is 0.0131. The fourth-order valence-corrected chi connectivity index (χ4v) is 8.89. The number of pyridine rings is 1. The molecule has 2 aromatic heterocycles. The smallest absolute Gasteiger partial charge is 0.331 e. The van der Waals surface area contributed by atoms with Crippen LogP contribution in [0.1, 0.15) is 109 Å². The number of amides is 3. The van der Waals surface area contributed by atoms with E-state index >= 15 is 0 Å². The molecule has 3 amide bonds. The zero-order chi connectivity index (χ0) is 37.7. The van der Waals surface area contributed by atoms with Crippen molar-refractivity contribution in [3.8, 4) is 17.6 Å². The van der Waals surface area contributed by atoms with Crippen molar-refractivity contribution >= 4 is 55.6 Å². The fraction of sp³-hybridized carbons (Fsp3) is 0.500. The summed E-state index contributed by atoms with van der Waals surface area (Å²) in [6, 6.07) is 19.4. The van der Waals surface area contributed by atoms with Gasteiger partial charge < -0.3 is 20.3 Å². The first-order valence-electron chi connectivity index (χ1n) is 20.2. The van der Waals surface area contributed by atoms with E-state index in [1.165, 1.54) is 82.0 Å². The Bertz CT molecular complexity index is 1890. The number of carbonyl (C=O) groups is 2. The van der Waals surface area contributed by atoms with E-state index in [1.807, 2.05) is 61.5 Å². The first-order chi connectivity index (χ1) is 26.4. The SMILES string of the molecule is CCCCCCCCCCCCCCC(C#N)CN1CCCC(C(=O)Nc2sc3nccc4c3c2NC(=O)N4c2ccc(Oc3ccccc3)cc2C)C1. The van der Waals surface area contributed by atoms with Gasteiger partial charge in [-0.2, -0.15) is 5.26 Å². The van der Waals surface area contributed by atoms with Crippen LogP contribution in [0.15, 0.2) is 60.8 Å². The topological polar surface area (TPSA) is 111 Å². The van der Waals surface area contributed by atoms with Gasteiger partial charge in [-0.3, -0.25) is 9.69 Å². The minimum atomic E-state index is -0.303. The zero-order valence-corrected chi connectivity index (χ0v) is 32.9. The molecule has 286 valence electrons. The summed E-state index contributed by atoms with van der Waals surface area (Å²) in [6.07, 6.45) is 20.1. The first kappa shape index (κ1) is 39.2. The number of nitriles is 1. The Kier molecular flexibility index (Phi) is 14.3. The van der Waals surface area contributed by atoms with Gasteiger partial charge in [-0.15, -0.1) is 0 Å². The Balaban J connectivity index is 1.01. The molecule has 0 bridgehead atoms. The van der Waals surface area contributed by atoms with E-state index in [0.29, 0.717) is 29.5 Å². The van der Waals surface area contributed by atoms with Gasteiger partial charge in [-0.1, -0.05) is 114 Å². The second-order valence-corrected chi connectivity index (χ2v) is 16.0. The molecular formula is C44H56N6O3S. The number of unbranched alkanes of at least 4 members (excludes halogenated alkanes) is 11. The van der Waals surface area contributed by atoms with Crippen LogP contribution in [0.2, 0.25) is 0 Å². The van der Waals surface area contributed by atoms with Gasteiger partial charge in [-0.05, 0) is 74.7 Å². The molecule has 0 aliphatic carbocycles. The highest BCUT2D eigenvalue weighted by atomic mass is 32.1. The Hall–Kier alpha value is -4.46. The highest BCUT2D eigenvalue weighted by molar-refractivity contribution is 7.23. The molecule has 4 aromatic rings. The molecular weight excluding hydrogens is 693 g/mol. The predicted octanol–water partition coefficient (Wildman–Crippen LogP) is 12.0. The Morgan fingerprint density at radius 3 is 2.41 bits per heavy atom. The van der Waals surface area contributed by atoms with Crippen LogP contribution in [0.4, 0.5) is 26.9 Å². The minimum Gasteiger partial charge on any atom is -0.457 e. The average molecular weight is 749 g/mol. The summed E-state index contributed by atoms with van der Waals surface area (Å²) < 4.78 is 6.02. The van der Waals surface area contributed by atoms with Crippen LogP contribution in [-0.2, 0) is 4.79 Å². The van der Waals surface area contributed by atoms with Gasteiger partial charge in [0.25, 0.3) is 0 Å². The lowest BCUT2D eigenvalue weighted by atomic mass is 9.94. The number of urea groups is 1. The molecule has 10 heteroatoms. The van der Waals surface area contributed by atoms with Crippen LogP contribution in [0.3, 0.4) is 0 Å². The molecule has 1 fully saturated rings. The molecule has 0 saturated carbocycles. The molecule has 2 aliphatic rings. The number of para-hydroxylation sites is 1. The van der Waals surface area contributed by atoms with Gasteiger partial charge in [-0.25, -0.2) is 9.78 Å². The van der Waals surface area contributed by atoms with E-state index in [-0.39, 0.29) is 23.8 Å². The van der Waals surface area contributed by atoms with Gasteiger partial charge >= 0.3 is 6.03 Å². The number of nitrogens with one attached hydrogen (secondary N) is 2. The van der Waals surface area contributed by atoms with Crippen molar-refractivity contribution in [1.82, 2.24) is 9.88 Å². The maximum absolute atomic E-state index is 13.8. The summed E-state index contributed by atoms with van der Waals surface area (Å²) >= 11 is 1.38. The van der Waals surface area contributed by atoms with Crippen molar-refractivity contribution in [2.75, 3.05) is 35.2 Å². The number of likely N-dealkylation sites (tertiary alicyclic amines) is 1. The summed E-state index contributed by atoms with van der Waals surface area (Å²) in [7, 11) is 0. The second-order valence-electron chi connectivity index (χ2n) is 15.0. The molecule has 2 unspecified atom stereocenters. The van der Waals surface area contributed by atoms with Crippen LogP contribution in [0.5, 0.6) is 11.5 Å². The van der Waals surface area contributed by atoms with Crippen LogP contribution < -0.4 is 20.3 Å². The van der Waals surface area contributed by atoms with E-state index in [9.17, 15) is 14.9 Å². The van der Waals surface area contributed by atoms with Gasteiger partial charge in [0, 0.05) is 19.3 Å². The van der Waals surface area contributed by atoms with Crippen molar-refractivity contribution in [2.24, 2.45) is 11.8 Å². The van der Waals surface area contributed by atoms with E-state index in [1.54, 1.807) is 11.1 Å². The number of carbonyl (C=O) groups excluding carboxylic acids is 2. The van der Waals surface area contributed by atoms with Crippen LogP contribution in [-0.4, -0.2) is 41.5 Å². The molecule has 6 rings (SSSR count). The van der Waals surface area contributed by atoms with Crippen LogP contribution in [0, 0.1) is 30.1 Å². The number of rotatable bonds is 20. The molecule has 54 heavy (non-hydrogen) atoms. The van der Waals surface area contributed by atoms with Gasteiger partial charge in [0.05, 0.1) is 40.4 Å². The van der Waals surface area contributed by atoms with Crippen molar-refractivity contribution in [3.63, 3.8) is 0 Å². The summed E-state index contributed by atoms with van der Waals surface area (Å²) in [5.74, 6) is 1.17. The number of nitrogens with zero attached hydrogens (tertiary/aromatic N) is 4. The molecule has 9 nitrogen and oxygen atoms in total. The number of anilines is 4. The lowest BCUT2D eigenvalue weighted by molar-refractivity contribution is -0.121. The largest absolute Gasteiger partial charge is 0.457 e. The normalized spacial score (nSPS) is 16.2. The Labute approximate surface area is 325 Å². The van der Waals surface area contributed by atoms with Crippen LogP contribution >= 0.6 is 11.3 Å². The fourth-order valence-electron chi connectivity index (χ4n) is 7.87. The number of benzene rings is 2. The maximum atomic E-state index is 13.8. The highest BCUT2D eigenvalue weighted by Crippen LogP contribution is 2.49. The van der Waals surface area contributed by atoms with E-state index in [2.05, 4.69) is 33.5 Å². The quantitative estimate of drug-likeness (QED) is 0.0871. The molecule has 0 radical (unpaired) electrons. The van der Waals surface area contributed by atoms with E-state index < -0.39 is 0 Å². The number of aryl methyl sites for hydroxylation is 1. The molecule has 2 aromatic carbocycles. The molecule has 2 atom stereocenters. The third-order valence-electron chi connectivity index (χ3n) is 10.8. The Morgan fingerprint density at radius 1 is 0.981 bits per heavy atom. The average Bonchev–Trinajstić information content (AvgIpc) is 3.53. The lowest BCUT2D eigenvalue weighted by Gasteiger charge is -2.33. The third kappa shape index (κ3) is 10.2. The highest BCUT2D eigenvalue weighted by Gasteiger charge is 2.34. The summed E-state index contributed by atoms with van der Waals surface area (Å²) in [5.41, 5.74) is 2.92.